The maximum absolute atomic E-state index is 12.9. The van der Waals surface area contributed by atoms with E-state index in [1.54, 1.807) is 18.2 Å². The van der Waals surface area contributed by atoms with Crippen LogP contribution in [0.2, 0.25) is 0 Å². The van der Waals surface area contributed by atoms with Crippen molar-refractivity contribution in [3.8, 4) is 0 Å². The second-order valence-electron chi connectivity index (χ2n) is 5.88. The first-order chi connectivity index (χ1) is 13.9. The summed E-state index contributed by atoms with van der Waals surface area (Å²) in [6, 6.07) is 17.0. The molecule has 0 radical (unpaired) electrons. The van der Waals surface area contributed by atoms with Crippen molar-refractivity contribution >= 4 is 28.8 Å². The van der Waals surface area contributed by atoms with Crippen LogP contribution in [-0.2, 0) is 0 Å². The Morgan fingerprint density at radius 1 is 0.724 bits per heavy atom. The number of rotatable bonds is 6. The maximum Gasteiger partial charge on any atom is 0.282 e. The van der Waals surface area contributed by atoms with Gasteiger partial charge in [-0.15, -0.1) is 0 Å². The van der Waals surface area contributed by atoms with Crippen molar-refractivity contribution in [2.75, 3.05) is 5.32 Å². The molecule has 0 aromatic heterocycles. The second kappa shape index (κ2) is 8.09. The van der Waals surface area contributed by atoms with E-state index in [1.165, 1.54) is 48.5 Å². The average molecular weight is 391 g/mol. The number of nitro groups is 2. The predicted molar refractivity (Wildman–Crippen MR) is 104 cm³/mol. The first-order valence-electron chi connectivity index (χ1n) is 8.32. The van der Waals surface area contributed by atoms with Crippen LogP contribution in [0, 0.1) is 20.2 Å². The van der Waals surface area contributed by atoms with Gasteiger partial charge in [0.25, 0.3) is 17.3 Å². The van der Waals surface area contributed by atoms with Gasteiger partial charge in [-0.05, 0) is 12.1 Å². The summed E-state index contributed by atoms with van der Waals surface area (Å²) < 4.78 is 0. The molecule has 144 valence electrons. The van der Waals surface area contributed by atoms with Crippen molar-refractivity contribution in [1.82, 2.24) is 0 Å². The summed E-state index contributed by atoms with van der Waals surface area (Å²) >= 11 is 0. The average Bonchev–Trinajstić information content (AvgIpc) is 2.73. The van der Waals surface area contributed by atoms with Crippen LogP contribution in [0.4, 0.5) is 17.1 Å². The van der Waals surface area contributed by atoms with Gasteiger partial charge in [-0.1, -0.05) is 48.5 Å². The number of carbonyl (C=O) groups is 2. The second-order valence-corrected chi connectivity index (χ2v) is 5.88. The number of nitro benzene ring substituents is 2. The normalized spacial score (nSPS) is 10.2. The van der Waals surface area contributed by atoms with E-state index in [0.29, 0.717) is 0 Å². The molecule has 0 atom stereocenters. The van der Waals surface area contributed by atoms with Crippen molar-refractivity contribution in [2.24, 2.45) is 0 Å². The SMILES string of the molecule is O=C(Nc1cccc([N+](=O)[O-])c1C(=O)c1ccccc1)c1ccccc1[N+](=O)[O-]. The summed E-state index contributed by atoms with van der Waals surface area (Å²) in [6.07, 6.45) is 0. The molecule has 3 aromatic carbocycles. The molecular formula is C20H13N3O6. The Hall–Kier alpha value is -4.40. The van der Waals surface area contributed by atoms with Crippen molar-refractivity contribution in [2.45, 2.75) is 0 Å². The molecule has 0 saturated heterocycles. The Bertz CT molecular complexity index is 1130. The molecule has 0 aliphatic heterocycles. The van der Waals surface area contributed by atoms with Crippen LogP contribution in [0.1, 0.15) is 26.3 Å². The number of amides is 1. The number of nitrogens with one attached hydrogen (secondary N) is 1. The molecule has 0 aliphatic rings. The zero-order valence-corrected chi connectivity index (χ0v) is 14.8. The molecular weight excluding hydrogens is 378 g/mol. The van der Waals surface area contributed by atoms with Crippen LogP contribution >= 0.6 is 0 Å². The number of carbonyl (C=O) groups excluding carboxylic acids is 2. The monoisotopic (exact) mass is 391 g/mol. The highest BCUT2D eigenvalue weighted by atomic mass is 16.6. The summed E-state index contributed by atoms with van der Waals surface area (Å²) in [6.45, 7) is 0. The summed E-state index contributed by atoms with van der Waals surface area (Å²) in [5.74, 6) is -1.52. The minimum atomic E-state index is -0.861. The lowest BCUT2D eigenvalue weighted by molar-refractivity contribution is -0.385. The number of benzene rings is 3. The third-order valence-corrected chi connectivity index (χ3v) is 4.10. The van der Waals surface area contributed by atoms with Crippen LogP contribution < -0.4 is 5.32 Å². The lowest BCUT2D eigenvalue weighted by Crippen LogP contribution is -2.17. The zero-order valence-electron chi connectivity index (χ0n) is 14.8. The molecule has 1 N–H and O–H groups in total. The summed E-state index contributed by atoms with van der Waals surface area (Å²) in [4.78, 5) is 46.7. The Morgan fingerprint density at radius 2 is 1.31 bits per heavy atom. The minimum Gasteiger partial charge on any atom is -0.321 e. The van der Waals surface area contributed by atoms with Gasteiger partial charge in [0.05, 0.1) is 15.5 Å². The molecule has 0 unspecified atom stereocenters. The Kier molecular flexibility index (Phi) is 5.40. The highest BCUT2D eigenvalue weighted by Gasteiger charge is 2.27. The van der Waals surface area contributed by atoms with E-state index in [9.17, 15) is 29.8 Å². The van der Waals surface area contributed by atoms with Gasteiger partial charge < -0.3 is 5.32 Å². The van der Waals surface area contributed by atoms with Crippen molar-refractivity contribution in [3.63, 3.8) is 0 Å². The Labute approximate surface area is 163 Å². The lowest BCUT2D eigenvalue weighted by Gasteiger charge is -2.11. The van der Waals surface area contributed by atoms with Crippen LogP contribution in [0.25, 0.3) is 0 Å². The first-order valence-corrected chi connectivity index (χ1v) is 8.32. The number of hydrogen-bond donors (Lipinski definition) is 1. The molecule has 0 fully saturated rings. The van der Waals surface area contributed by atoms with Gasteiger partial charge >= 0.3 is 0 Å². The van der Waals surface area contributed by atoms with Gasteiger partial charge in [-0.25, -0.2) is 0 Å². The highest BCUT2D eigenvalue weighted by molar-refractivity contribution is 6.18. The van der Waals surface area contributed by atoms with Crippen LogP contribution in [0.3, 0.4) is 0 Å². The topological polar surface area (TPSA) is 132 Å². The van der Waals surface area contributed by atoms with Gasteiger partial charge in [-0.3, -0.25) is 29.8 Å². The number of hydrogen-bond acceptors (Lipinski definition) is 6. The van der Waals surface area contributed by atoms with E-state index in [2.05, 4.69) is 5.32 Å². The molecule has 0 saturated carbocycles. The van der Waals surface area contributed by atoms with Gasteiger partial charge in [0.1, 0.15) is 11.1 Å². The third kappa shape index (κ3) is 3.98. The van der Waals surface area contributed by atoms with Crippen LogP contribution in [0.15, 0.2) is 72.8 Å². The van der Waals surface area contributed by atoms with E-state index < -0.39 is 32.9 Å². The van der Waals surface area contributed by atoms with E-state index in [0.717, 1.165) is 6.07 Å². The van der Waals surface area contributed by atoms with Crippen molar-refractivity contribution in [3.05, 3.63) is 110 Å². The smallest absolute Gasteiger partial charge is 0.282 e. The highest BCUT2D eigenvalue weighted by Crippen LogP contribution is 2.30. The van der Waals surface area contributed by atoms with E-state index in [1.807, 2.05) is 0 Å². The van der Waals surface area contributed by atoms with Crippen LogP contribution in [-0.4, -0.2) is 21.5 Å². The molecule has 9 heteroatoms. The summed E-state index contributed by atoms with van der Waals surface area (Å²) in [5.41, 5.74) is -1.37. The molecule has 0 bridgehead atoms. The zero-order chi connectivity index (χ0) is 21.0. The van der Waals surface area contributed by atoms with Gasteiger partial charge in [0.2, 0.25) is 5.78 Å². The lowest BCUT2D eigenvalue weighted by atomic mass is 9.99. The number of ketones is 1. The third-order valence-electron chi connectivity index (χ3n) is 4.10. The molecule has 1 amide bonds. The molecule has 0 aliphatic carbocycles. The molecule has 0 heterocycles. The van der Waals surface area contributed by atoms with E-state index in [-0.39, 0.29) is 22.4 Å². The van der Waals surface area contributed by atoms with Crippen LogP contribution in [0.5, 0.6) is 0 Å². The number of anilines is 1. The predicted octanol–water partition coefficient (Wildman–Crippen LogP) is 3.99. The molecule has 3 rings (SSSR count). The van der Waals surface area contributed by atoms with E-state index >= 15 is 0 Å². The number of nitrogens with zero attached hydrogens (tertiary/aromatic N) is 2. The first kappa shape index (κ1) is 19.4. The van der Waals surface area contributed by atoms with Gasteiger partial charge in [-0.2, -0.15) is 0 Å². The molecule has 29 heavy (non-hydrogen) atoms. The van der Waals surface area contributed by atoms with Crippen molar-refractivity contribution in [1.29, 1.82) is 0 Å². The molecule has 3 aromatic rings. The maximum atomic E-state index is 12.9. The fraction of sp³-hybridized carbons (Fsp3) is 0. The number of para-hydroxylation sites is 1. The fourth-order valence-corrected chi connectivity index (χ4v) is 2.78. The Morgan fingerprint density at radius 3 is 1.97 bits per heavy atom. The minimum absolute atomic E-state index is 0.115. The summed E-state index contributed by atoms with van der Waals surface area (Å²) in [5, 5.41) is 25.0. The Balaban J connectivity index is 2.08. The largest absolute Gasteiger partial charge is 0.321 e. The van der Waals surface area contributed by atoms with Gasteiger partial charge in [0.15, 0.2) is 0 Å². The van der Waals surface area contributed by atoms with E-state index in [4.69, 9.17) is 0 Å². The molecule has 0 spiro atoms. The quantitative estimate of drug-likeness (QED) is 0.384. The van der Waals surface area contributed by atoms with Gasteiger partial charge in [0, 0.05) is 17.7 Å². The molecule has 9 nitrogen and oxygen atoms in total. The van der Waals surface area contributed by atoms with Crippen molar-refractivity contribution < 1.29 is 19.4 Å². The summed E-state index contributed by atoms with van der Waals surface area (Å²) in [7, 11) is 0. The standard InChI is InChI=1S/C20H13N3O6/c24-19(13-7-2-1-3-8-13)18-15(10-6-12-17(18)23(28)29)21-20(25)14-9-4-5-11-16(14)22(26)27/h1-12H,(H,21,25). The fourth-order valence-electron chi connectivity index (χ4n) is 2.78.